The molecule has 208 valence electrons. The number of carbonyl (C=O) groups is 3. The van der Waals surface area contributed by atoms with Gasteiger partial charge in [0.05, 0.1) is 16.3 Å². The molecule has 3 heterocycles. The largest absolute Gasteiger partial charge is 0.444 e. The fourth-order valence-electron chi connectivity index (χ4n) is 5.91. The highest BCUT2D eigenvalue weighted by Gasteiger charge is 2.60. The molecule has 2 fully saturated rings. The number of carbonyl (C=O) groups excluding carboxylic acids is 3. The van der Waals surface area contributed by atoms with Crippen LogP contribution in [0.25, 0.3) is 0 Å². The highest BCUT2D eigenvalue weighted by molar-refractivity contribution is 6.30. The number of halogens is 2. The topological polar surface area (TPSA) is 91.8 Å². The van der Waals surface area contributed by atoms with E-state index in [0.29, 0.717) is 34.1 Å². The Morgan fingerprint density at radius 1 is 1.18 bits per heavy atom. The third-order valence-corrected chi connectivity index (χ3v) is 8.12. The number of nitrogens with one attached hydrogen (secondary N) is 1. The number of ether oxygens (including phenoxy) is 1. The van der Waals surface area contributed by atoms with Crippen molar-refractivity contribution < 1.29 is 23.5 Å². The summed E-state index contributed by atoms with van der Waals surface area (Å²) in [6.07, 6.45) is 4.32. The van der Waals surface area contributed by atoms with Gasteiger partial charge in [0.25, 0.3) is 5.91 Å². The average molecular weight is 557 g/mol. The lowest BCUT2D eigenvalue weighted by Gasteiger charge is -2.46. The van der Waals surface area contributed by atoms with Gasteiger partial charge >= 0.3 is 6.09 Å². The van der Waals surface area contributed by atoms with Crippen molar-refractivity contribution in [2.45, 2.75) is 70.4 Å². The number of fused-ring (bicyclic) bond motifs is 2. The highest BCUT2D eigenvalue weighted by atomic mass is 35.5. The van der Waals surface area contributed by atoms with Crippen LogP contribution in [0.2, 0.25) is 5.02 Å². The molecule has 1 saturated heterocycles. The Kier molecular flexibility index (Phi) is 7.07. The minimum Gasteiger partial charge on any atom is -0.444 e. The average Bonchev–Trinajstić information content (AvgIpc) is 3.06. The van der Waals surface area contributed by atoms with E-state index in [4.69, 9.17) is 16.3 Å². The molecule has 10 heteroatoms. The number of aromatic nitrogens is 1. The summed E-state index contributed by atoms with van der Waals surface area (Å²) in [4.78, 5) is 46.6. The van der Waals surface area contributed by atoms with Crippen LogP contribution in [0.15, 0.2) is 30.5 Å². The molecule has 1 N–H and O–H groups in total. The summed E-state index contributed by atoms with van der Waals surface area (Å²) in [5.74, 6) is -0.438. The number of nitrogens with zero attached hydrogens (tertiary/aromatic N) is 3. The standard InChI is InChI=1S/C29H34ClFN4O4/c1-17-22(11-19(30)13-32-17)25(36)33-21-8-5-18(6-9-21)14-35-24-10-7-20(31)12-23(24)29(26(35)37)15-34(16-29)27(38)39-28(2,3)4/h7,10-13,18,21H,5-6,8-9,14-16H2,1-4H3,(H,33,36). The second-order valence-corrected chi connectivity index (χ2v) is 12.4. The Bertz CT molecular complexity index is 1310. The number of pyridine rings is 1. The molecule has 39 heavy (non-hydrogen) atoms. The van der Waals surface area contributed by atoms with E-state index >= 15 is 0 Å². The smallest absolute Gasteiger partial charge is 0.410 e. The van der Waals surface area contributed by atoms with Crippen molar-refractivity contribution in [3.8, 4) is 0 Å². The molecule has 1 aromatic heterocycles. The van der Waals surface area contributed by atoms with E-state index in [1.807, 2.05) is 0 Å². The molecule has 3 aliphatic rings. The molecule has 0 bridgehead atoms. The van der Waals surface area contributed by atoms with Crippen LogP contribution in [-0.2, 0) is 14.9 Å². The van der Waals surface area contributed by atoms with E-state index in [1.165, 1.54) is 23.2 Å². The summed E-state index contributed by atoms with van der Waals surface area (Å²) in [5, 5.41) is 3.52. The molecule has 5 rings (SSSR count). The molecule has 1 aliphatic carbocycles. The molecule has 0 unspecified atom stereocenters. The molecule has 0 radical (unpaired) electrons. The minimum atomic E-state index is -0.942. The van der Waals surface area contributed by atoms with Crippen molar-refractivity contribution in [3.63, 3.8) is 0 Å². The van der Waals surface area contributed by atoms with E-state index in [1.54, 1.807) is 44.7 Å². The van der Waals surface area contributed by atoms with E-state index < -0.39 is 22.9 Å². The molecule has 1 saturated carbocycles. The van der Waals surface area contributed by atoms with Gasteiger partial charge in [0.15, 0.2) is 0 Å². The lowest BCUT2D eigenvalue weighted by Crippen LogP contribution is -2.66. The van der Waals surface area contributed by atoms with E-state index in [9.17, 15) is 18.8 Å². The van der Waals surface area contributed by atoms with E-state index in [2.05, 4.69) is 10.3 Å². The van der Waals surface area contributed by atoms with Crippen molar-refractivity contribution in [2.75, 3.05) is 24.5 Å². The minimum absolute atomic E-state index is 0.0307. The number of benzene rings is 1. The predicted molar refractivity (Wildman–Crippen MR) is 145 cm³/mol. The van der Waals surface area contributed by atoms with Crippen molar-refractivity contribution in [1.29, 1.82) is 0 Å². The number of likely N-dealkylation sites (tertiary alicyclic amines) is 1. The third kappa shape index (κ3) is 5.33. The maximum Gasteiger partial charge on any atom is 0.410 e. The summed E-state index contributed by atoms with van der Waals surface area (Å²) in [6.45, 7) is 8.02. The monoisotopic (exact) mass is 556 g/mol. The molecule has 8 nitrogen and oxygen atoms in total. The van der Waals surface area contributed by atoms with Crippen LogP contribution in [0.3, 0.4) is 0 Å². The maximum atomic E-state index is 14.3. The molecular weight excluding hydrogens is 523 g/mol. The van der Waals surface area contributed by atoms with Gasteiger partial charge in [-0.3, -0.25) is 14.6 Å². The SMILES string of the molecule is Cc1ncc(Cl)cc1C(=O)NC1CCC(CN2C(=O)C3(CN(C(=O)OC(C)(C)C)C3)c3cc(F)ccc32)CC1. The number of amides is 3. The Morgan fingerprint density at radius 2 is 1.87 bits per heavy atom. The van der Waals surface area contributed by atoms with Crippen LogP contribution in [-0.4, -0.2) is 59.1 Å². The van der Waals surface area contributed by atoms with Gasteiger partial charge in [-0.2, -0.15) is 0 Å². The fraction of sp³-hybridized carbons (Fsp3) is 0.517. The van der Waals surface area contributed by atoms with Gasteiger partial charge in [-0.25, -0.2) is 9.18 Å². The van der Waals surface area contributed by atoms with Crippen molar-refractivity contribution in [2.24, 2.45) is 5.92 Å². The zero-order valence-corrected chi connectivity index (χ0v) is 23.5. The molecule has 2 aromatic rings. The lowest BCUT2D eigenvalue weighted by atomic mass is 9.74. The zero-order chi connectivity index (χ0) is 28.1. The lowest BCUT2D eigenvalue weighted by molar-refractivity contribution is -0.129. The summed E-state index contributed by atoms with van der Waals surface area (Å²) < 4.78 is 19.8. The van der Waals surface area contributed by atoms with Gasteiger partial charge in [0, 0.05) is 37.6 Å². The van der Waals surface area contributed by atoms with Crippen LogP contribution < -0.4 is 10.2 Å². The highest BCUT2D eigenvalue weighted by Crippen LogP contribution is 2.48. The number of hydrogen-bond acceptors (Lipinski definition) is 5. The van der Waals surface area contributed by atoms with Crippen molar-refractivity contribution in [3.05, 3.63) is 58.1 Å². The molecule has 1 spiro atoms. The quantitative estimate of drug-likeness (QED) is 0.572. The Labute approximate surface area is 232 Å². The second kappa shape index (κ2) is 10.1. The second-order valence-electron chi connectivity index (χ2n) is 12.0. The molecule has 1 aromatic carbocycles. The van der Waals surface area contributed by atoms with Gasteiger partial charge in [-0.15, -0.1) is 0 Å². The fourth-order valence-corrected chi connectivity index (χ4v) is 6.06. The zero-order valence-electron chi connectivity index (χ0n) is 22.7. The predicted octanol–water partition coefficient (Wildman–Crippen LogP) is 5.01. The number of anilines is 1. The van der Waals surface area contributed by atoms with Crippen LogP contribution in [0.5, 0.6) is 0 Å². The Balaban J connectivity index is 1.23. The first-order valence-corrected chi connectivity index (χ1v) is 13.8. The number of hydrogen-bond donors (Lipinski definition) is 1. The molecule has 3 amide bonds. The normalized spacial score (nSPS) is 21.9. The first-order chi connectivity index (χ1) is 18.4. The van der Waals surface area contributed by atoms with E-state index in [-0.39, 0.29) is 36.9 Å². The van der Waals surface area contributed by atoms with Crippen LogP contribution in [0.4, 0.5) is 14.9 Å². The maximum absolute atomic E-state index is 14.3. The molecule has 0 atom stereocenters. The van der Waals surface area contributed by atoms with Gasteiger partial charge in [-0.05, 0) is 89.1 Å². The van der Waals surface area contributed by atoms with E-state index in [0.717, 1.165) is 25.7 Å². The molecular formula is C29H34ClFN4O4. The summed E-state index contributed by atoms with van der Waals surface area (Å²) >= 11 is 6.02. The summed E-state index contributed by atoms with van der Waals surface area (Å²) in [7, 11) is 0. The van der Waals surface area contributed by atoms with Crippen LogP contribution in [0.1, 0.15) is 68.1 Å². The summed E-state index contributed by atoms with van der Waals surface area (Å²) in [6, 6.07) is 6.13. The first kappa shape index (κ1) is 27.4. The number of rotatable bonds is 4. The Morgan fingerprint density at radius 3 is 2.54 bits per heavy atom. The van der Waals surface area contributed by atoms with Crippen molar-refractivity contribution >= 4 is 35.2 Å². The number of aryl methyl sites for hydroxylation is 1. The van der Waals surface area contributed by atoms with Crippen LogP contribution >= 0.6 is 11.6 Å². The van der Waals surface area contributed by atoms with Crippen LogP contribution in [0, 0.1) is 18.7 Å². The van der Waals surface area contributed by atoms with Gasteiger partial charge < -0.3 is 19.9 Å². The van der Waals surface area contributed by atoms with Gasteiger partial charge in [-0.1, -0.05) is 11.6 Å². The molecule has 2 aliphatic heterocycles. The van der Waals surface area contributed by atoms with Crippen molar-refractivity contribution in [1.82, 2.24) is 15.2 Å². The van der Waals surface area contributed by atoms with Gasteiger partial charge in [0.2, 0.25) is 5.91 Å². The third-order valence-electron chi connectivity index (χ3n) is 7.91. The summed E-state index contributed by atoms with van der Waals surface area (Å²) in [5.41, 5.74) is 0.870. The Hall–Kier alpha value is -3.20. The van der Waals surface area contributed by atoms with Gasteiger partial charge in [0.1, 0.15) is 16.8 Å². The first-order valence-electron chi connectivity index (χ1n) is 13.4.